The number of rotatable bonds is 4. The molecule has 0 unspecified atom stereocenters. The molecule has 0 saturated heterocycles. The van der Waals surface area contributed by atoms with Crippen molar-refractivity contribution in [3.05, 3.63) is 24.3 Å². The standard InChI is InChI=1S/C10H14N2O3/c1-7(10(13)12-11)15-9-5-3-8(14-2)4-6-9/h3-7H,11H2,1-2H3,(H,12,13)/t7-/m0/s1. The summed E-state index contributed by atoms with van der Waals surface area (Å²) in [5, 5.41) is 0. The Kier molecular flexibility index (Phi) is 3.93. The number of ether oxygens (including phenoxy) is 2. The van der Waals surface area contributed by atoms with E-state index in [0.29, 0.717) is 5.75 Å². The van der Waals surface area contributed by atoms with Gasteiger partial charge in [-0.15, -0.1) is 0 Å². The second kappa shape index (κ2) is 5.21. The van der Waals surface area contributed by atoms with E-state index in [2.05, 4.69) is 0 Å². The number of carbonyl (C=O) groups excluding carboxylic acids is 1. The summed E-state index contributed by atoms with van der Waals surface area (Å²) < 4.78 is 10.3. The first kappa shape index (κ1) is 11.3. The van der Waals surface area contributed by atoms with Crippen LogP contribution in [0.25, 0.3) is 0 Å². The van der Waals surface area contributed by atoms with Crippen LogP contribution < -0.4 is 20.7 Å². The molecule has 0 aliphatic rings. The van der Waals surface area contributed by atoms with Crippen molar-refractivity contribution >= 4 is 5.91 Å². The molecule has 1 atom stereocenters. The molecular formula is C10H14N2O3. The van der Waals surface area contributed by atoms with Crippen LogP contribution >= 0.6 is 0 Å². The largest absolute Gasteiger partial charge is 0.497 e. The molecule has 5 heteroatoms. The highest BCUT2D eigenvalue weighted by Crippen LogP contribution is 2.17. The van der Waals surface area contributed by atoms with Crippen molar-refractivity contribution in [2.45, 2.75) is 13.0 Å². The summed E-state index contributed by atoms with van der Waals surface area (Å²) in [6.07, 6.45) is -0.622. The molecule has 0 aliphatic carbocycles. The van der Waals surface area contributed by atoms with E-state index < -0.39 is 6.10 Å². The van der Waals surface area contributed by atoms with Gasteiger partial charge in [0.15, 0.2) is 6.10 Å². The van der Waals surface area contributed by atoms with Gasteiger partial charge in [0.05, 0.1) is 7.11 Å². The third kappa shape index (κ3) is 3.14. The Labute approximate surface area is 88.1 Å². The van der Waals surface area contributed by atoms with E-state index in [1.54, 1.807) is 38.3 Å². The zero-order valence-corrected chi connectivity index (χ0v) is 8.69. The zero-order valence-electron chi connectivity index (χ0n) is 8.69. The fourth-order valence-electron chi connectivity index (χ4n) is 1.03. The van der Waals surface area contributed by atoms with E-state index >= 15 is 0 Å². The molecule has 0 heterocycles. The Morgan fingerprint density at radius 3 is 2.33 bits per heavy atom. The fourth-order valence-corrected chi connectivity index (χ4v) is 1.03. The highest BCUT2D eigenvalue weighted by atomic mass is 16.5. The molecule has 82 valence electrons. The maximum Gasteiger partial charge on any atom is 0.274 e. The van der Waals surface area contributed by atoms with Gasteiger partial charge in [-0.1, -0.05) is 0 Å². The number of carbonyl (C=O) groups is 1. The minimum atomic E-state index is -0.622. The minimum absolute atomic E-state index is 0.370. The Morgan fingerprint density at radius 2 is 1.87 bits per heavy atom. The number of hydrogen-bond donors (Lipinski definition) is 2. The summed E-state index contributed by atoms with van der Waals surface area (Å²) in [6.45, 7) is 1.62. The van der Waals surface area contributed by atoms with E-state index in [1.165, 1.54) is 0 Å². The molecule has 1 aromatic carbocycles. The number of hydrazine groups is 1. The highest BCUT2D eigenvalue weighted by molar-refractivity contribution is 5.80. The molecule has 1 aromatic rings. The maximum absolute atomic E-state index is 11.1. The van der Waals surface area contributed by atoms with Crippen LogP contribution in [-0.2, 0) is 4.79 Å². The first-order chi connectivity index (χ1) is 7.17. The second-order valence-corrected chi connectivity index (χ2v) is 2.94. The molecule has 0 fully saturated rings. The summed E-state index contributed by atoms with van der Waals surface area (Å²) in [5.74, 6) is 5.93. The molecule has 0 bridgehead atoms. The first-order valence-corrected chi connectivity index (χ1v) is 4.48. The molecule has 0 aliphatic heterocycles. The quantitative estimate of drug-likeness (QED) is 0.430. The van der Waals surface area contributed by atoms with Crippen LogP contribution in [0.2, 0.25) is 0 Å². The molecule has 0 radical (unpaired) electrons. The lowest BCUT2D eigenvalue weighted by molar-refractivity contribution is -0.127. The second-order valence-electron chi connectivity index (χ2n) is 2.94. The van der Waals surface area contributed by atoms with Gasteiger partial charge in [0.1, 0.15) is 11.5 Å². The molecule has 0 saturated carbocycles. The fraction of sp³-hybridized carbons (Fsp3) is 0.300. The molecule has 0 spiro atoms. The van der Waals surface area contributed by atoms with Gasteiger partial charge in [0.2, 0.25) is 0 Å². The van der Waals surface area contributed by atoms with Gasteiger partial charge in [0, 0.05) is 0 Å². The van der Waals surface area contributed by atoms with Crippen LogP contribution in [0, 0.1) is 0 Å². The first-order valence-electron chi connectivity index (χ1n) is 4.48. The Bertz CT molecular complexity index is 324. The van der Waals surface area contributed by atoms with E-state index in [9.17, 15) is 4.79 Å². The number of nitrogens with two attached hydrogens (primary N) is 1. The molecule has 1 rings (SSSR count). The van der Waals surface area contributed by atoms with Gasteiger partial charge in [-0.05, 0) is 31.2 Å². The predicted octanol–water partition coefficient (Wildman–Crippen LogP) is 0.452. The van der Waals surface area contributed by atoms with Crippen LogP contribution in [-0.4, -0.2) is 19.1 Å². The Hall–Kier alpha value is -1.75. The number of amides is 1. The van der Waals surface area contributed by atoms with Crippen molar-refractivity contribution in [1.82, 2.24) is 5.43 Å². The lowest BCUT2D eigenvalue weighted by Crippen LogP contribution is -2.40. The summed E-state index contributed by atoms with van der Waals surface area (Å²) >= 11 is 0. The Balaban J connectivity index is 2.60. The number of methoxy groups -OCH3 is 1. The van der Waals surface area contributed by atoms with Crippen molar-refractivity contribution in [3.8, 4) is 11.5 Å². The van der Waals surface area contributed by atoms with Gasteiger partial charge in [-0.3, -0.25) is 10.2 Å². The molecule has 15 heavy (non-hydrogen) atoms. The van der Waals surface area contributed by atoms with E-state index in [1.807, 2.05) is 5.43 Å². The van der Waals surface area contributed by atoms with Gasteiger partial charge >= 0.3 is 0 Å². The summed E-state index contributed by atoms with van der Waals surface area (Å²) in [6, 6.07) is 6.95. The van der Waals surface area contributed by atoms with E-state index in [4.69, 9.17) is 15.3 Å². The lowest BCUT2D eigenvalue weighted by Gasteiger charge is -2.12. The SMILES string of the molecule is COc1ccc(O[C@@H](C)C(=O)NN)cc1. The van der Waals surface area contributed by atoms with Crippen molar-refractivity contribution in [1.29, 1.82) is 0 Å². The van der Waals surface area contributed by atoms with Crippen molar-refractivity contribution in [2.75, 3.05) is 7.11 Å². The molecule has 3 N–H and O–H groups in total. The normalized spacial score (nSPS) is 11.7. The third-order valence-corrected chi connectivity index (χ3v) is 1.88. The highest BCUT2D eigenvalue weighted by Gasteiger charge is 2.12. The number of hydrogen-bond acceptors (Lipinski definition) is 4. The van der Waals surface area contributed by atoms with Crippen molar-refractivity contribution < 1.29 is 14.3 Å². The lowest BCUT2D eigenvalue weighted by atomic mass is 10.3. The van der Waals surface area contributed by atoms with E-state index in [0.717, 1.165) is 5.75 Å². The topological polar surface area (TPSA) is 73.6 Å². The van der Waals surface area contributed by atoms with Gasteiger partial charge in [-0.2, -0.15) is 0 Å². The summed E-state index contributed by atoms with van der Waals surface area (Å²) in [7, 11) is 1.58. The molecule has 5 nitrogen and oxygen atoms in total. The summed E-state index contributed by atoms with van der Waals surface area (Å²) in [4.78, 5) is 11.1. The average Bonchev–Trinajstić information content (AvgIpc) is 2.29. The smallest absolute Gasteiger partial charge is 0.274 e. The molecule has 0 aromatic heterocycles. The van der Waals surface area contributed by atoms with Crippen molar-refractivity contribution in [2.24, 2.45) is 5.84 Å². The zero-order chi connectivity index (χ0) is 11.3. The predicted molar refractivity (Wildman–Crippen MR) is 55.4 cm³/mol. The number of nitrogens with one attached hydrogen (secondary N) is 1. The van der Waals surface area contributed by atoms with Crippen LogP contribution in [0.3, 0.4) is 0 Å². The van der Waals surface area contributed by atoms with Crippen LogP contribution in [0.4, 0.5) is 0 Å². The third-order valence-electron chi connectivity index (χ3n) is 1.88. The Morgan fingerprint density at radius 1 is 1.33 bits per heavy atom. The molecular weight excluding hydrogens is 196 g/mol. The summed E-state index contributed by atoms with van der Waals surface area (Å²) in [5.41, 5.74) is 2.02. The van der Waals surface area contributed by atoms with Crippen LogP contribution in [0.1, 0.15) is 6.92 Å². The average molecular weight is 210 g/mol. The van der Waals surface area contributed by atoms with E-state index in [-0.39, 0.29) is 5.91 Å². The van der Waals surface area contributed by atoms with Gasteiger partial charge < -0.3 is 9.47 Å². The minimum Gasteiger partial charge on any atom is -0.497 e. The number of benzene rings is 1. The van der Waals surface area contributed by atoms with Crippen LogP contribution in [0.15, 0.2) is 24.3 Å². The van der Waals surface area contributed by atoms with Gasteiger partial charge in [-0.25, -0.2) is 5.84 Å². The van der Waals surface area contributed by atoms with Crippen molar-refractivity contribution in [3.63, 3.8) is 0 Å². The van der Waals surface area contributed by atoms with Crippen LogP contribution in [0.5, 0.6) is 11.5 Å². The monoisotopic (exact) mass is 210 g/mol. The van der Waals surface area contributed by atoms with Gasteiger partial charge in [0.25, 0.3) is 5.91 Å². The molecule has 1 amide bonds. The maximum atomic E-state index is 11.1.